The molecule has 16 heteroatoms. The Hall–Kier alpha value is -3.28. The third kappa shape index (κ3) is 9.87. The summed E-state index contributed by atoms with van der Waals surface area (Å²) >= 11 is 1.19. The van der Waals surface area contributed by atoms with Crippen LogP contribution >= 0.6 is 11.8 Å². The molecule has 0 unspecified atom stereocenters. The molecule has 0 spiro atoms. The van der Waals surface area contributed by atoms with Gasteiger partial charge in [0.2, 0.25) is 0 Å². The highest BCUT2D eigenvalue weighted by atomic mass is 32.2. The molecule has 15 nitrogen and oxygen atoms in total. The van der Waals surface area contributed by atoms with Gasteiger partial charge >= 0.3 is 29.8 Å². The van der Waals surface area contributed by atoms with E-state index in [4.69, 9.17) is 47.4 Å². The predicted molar refractivity (Wildman–Crippen MR) is 158 cm³/mol. The summed E-state index contributed by atoms with van der Waals surface area (Å²) in [7, 11) is 0. The van der Waals surface area contributed by atoms with Gasteiger partial charge in [-0.2, -0.15) is 0 Å². The van der Waals surface area contributed by atoms with Gasteiger partial charge in [0.05, 0.1) is 0 Å². The van der Waals surface area contributed by atoms with Crippen molar-refractivity contribution in [1.29, 1.82) is 0 Å². The summed E-state index contributed by atoms with van der Waals surface area (Å²) in [6.45, 7) is 8.67. The number of thioether (sulfide) groups is 1. The van der Waals surface area contributed by atoms with E-state index in [1.54, 1.807) is 13.8 Å². The highest BCUT2D eigenvalue weighted by Gasteiger charge is 2.60. The lowest BCUT2D eigenvalue weighted by Gasteiger charge is -2.47. The molecule has 260 valence electrons. The van der Waals surface area contributed by atoms with Crippen molar-refractivity contribution >= 4 is 41.6 Å². The maximum Gasteiger partial charge on any atom is 0.303 e. The molecule has 3 saturated heterocycles. The maximum absolute atomic E-state index is 12.5. The Kier molecular flexibility index (Phi) is 12.2. The zero-order valence-electron chi connectivity index (χ0n) is 27.1. The SMILES string of the molecule is CC(=O)OC[C@H]1O[C@@H](O[C@H]2[C@H](OC(C)=O)[C@@H](OC(C)=O)[C@H](Sc3ccccc3)O[C@@H]2COC(C)=O)[C@H](OC(C)=O)[C@H]2OC(C)(C)O[C@H]21. The van der Waals surface area contributed by atoms with Crippen molar-refractivity contribution in [2.45, 2.75) is 120 Å². The molecule has 0 amide bonds. The van der Waals surface area contributed by atoms with Crippen molar-refractivity contribution in [3.8, 4) is 0 Å². The summed E-state index contributed by atoms with van der Waals surface area (Å²) in [5.74, 6) is -4.47. The minimum absolute atomic E-state index is 0.264. The summed E-state index contributed by atoms with van der Waals surface area (Å²) in [5.41, 5.74) is -0.962. The van der Waals surface area contributed by atoms with Gasteiger partial charge in [0, 0.05) is 39.5 Å². The fraction of sp³-hybridized carbons (Fsp3) is 0.645. The predicted octanol–water partition coefficient (Wildman–Crippen LogP) is 2.06. The van der Waals surface area contributed by atoms with Crippen molar-refractivity contribution in [3.63, 3.8) is 0 Å². The van der Waals surface area contributed by atoms with Crippen molar-refractivity contribution in [2.75, 3.05) is 13.2 Å². The largest absolute Gasteiger partial charge is 0.463 e. The molecule has 3 heterocycles. The Morgan fingerprint density at radius 3 is 1.77 bits per heavy atom. The Morgan fingerprint density at radius 1 is 0.660 bits per heavy atom. The number of benzene rings is 1. The summed E-state index contributed by atoms with van der Waals surface area (Å²) in [4.78, 5) is 61.6. The van der Waals surface area contributed by atoms with Crippen molar-refractivity contribution in [1.82, 2.24) is 0 Å². The van der Waals surface area contributed by atoms with Gasteiger partial charge in [0.1, 0.15) is 49.2 Å². The van der Waals surface area contributed by atoms with Crippen LogP contribution in [0.15, 0.2) is 35.2 Å². The van der Waals surface area contributed by atoms with Gasteiger partial charge in [0.25, 0.3) is 0 Å². The third-order valence-electron chi connectivity index (χ3n) is 7.12. The zero-order chi connectivity index (χ0) is 34.5. The first-order valence-electron chi connectivity index (χ1n) is 15.0. The summed E-state index contributed by atoms with van der Waals surface area (Å²) in [6, 6.07) is 9.07. The van der Waals surface area contributed by atoms with Crippen LogP contribution in [-0.2, 0) is 71.3 Å². The smallest absolute Gasteiger partial charge is 0.303 e. The number of esters is 5. The molecule has 0 aromatic heterocycles. The van der Waals surface area contributed by atoms with Gasteiger partial charge in [-0.1, -0.05) is 30.0 Å². The number of carbonyl (C=O) groups excluding carboxylic acids is 5. The van der Waals surface area contributed by atoms with Crippen LogP contribution in [-0.4, -0.2) is 109 Å². The Labute approximate surface area is 276 Å². The highest BCUT2D eigenvalue weighted by Crippen LogP contribution is 2.42. The molecule has 0 radical (unpaired) electrons. The fourth-order valence-corrected chi connectivity index (χ4v) is 6.63. The van der Waals surface area contributed by atoms with Crippen LogP contribution in [0.4, 0.5) is 0 Å². The highest BCUT2D eigenvalue weighted by molar-refractivity contribution is 7.99. The van der Waals surface area contributed by atoms with E-state index in [1.165, 1.54) is 46.4 Å². The maximum atomic E-state index is 12.5. The first kappa shape index (κ1) is 36.6. The van der Waals surface area contributed by atoms with Gasteiger partial charge in [-0.05, 0) is 26.0 Å². The molecule has 0 saturated carbocycles. The topological polar surface area (TPSA) is 178 Å². The Balaban J connectivity index is 1.75. The fourth-order valence-electron chi connectivity index (χ4n) is 5.50. The number of ether oxygens (including phenoxy) is 10. The van der Waals surface area contributed by atoms with Crippen LogP contribution in [0.1, 0.15) is 48.5 Å². The molecule has 3 aliphatic rings. The number of carbonyl (C=O) groups is 5. The molecule has 0 N–H and O–H groups in total. The number of fused-ring (bicyclic) bond motifs is 1. The number of hydrogen-bond acceptors (Lipinski definition) is 16. The molecule has 47 heavy (non-hydrogen) atoms. The lowest BCUT2D eigenvalue weighted by atomic mass is 9.97. The monoisotopic (exact) mass is 684 g/mol. The average Bonchev–Trinajstić information content (AvgIpc) is 3.30. The van der Waals surface area contributed by atoms with Crippen molar-refractivity contribution in [3.05, 3.63) is 30.3 Å². The lowest BCUT2D eigenvalue weighted by Crippen LogP contribution is -2.65. The third-order valence-corrected chi connectivity index (χ3v) is 8.27. The first-order valence-corrected chi connectivity index (χ1v) is 15.8. The van der Waals surface area contributed by atoms with E-state index in [2.05, 4.69) is 0 Å². The normalized spacial score (nSPS) is 32.7. The van der Waals surface area contributed by atoms with E-state index in [0.29, 0.717) is 0 Å². The van der Waals surface area contributed by atoms with E-state index >= 15 is 0 Å². The van der Waals surface area contributed by atoms with Crippen LogP contribution in [0.5, 0.6) is 0 Å². The zero-order valence-corrected chi connectivity index (χ0v) is 27.9. The van der Waals surface area contributed by atoms with E-state index < -0.39 is 96.2 Å². The van der Waals surface area contributed by atoms with E-state index in [0.717, 1.165) is 4.90 Å². The molecule has 1 aromatic rings. The minimum Gasteiger partial charge on any atom is -0.463 e. The van der Waals surface area contributed by atoms with Crippen LogP contribution in [0, 0.1) is 0 Å². The van der Waals surface area contributed by atoms with Gasteiger partial charge in [-0.15, -0.1) is 0 Å². The molecule has 10 atom stereocenters. The Bertz CT molecular complexity index is 1290. The lowest BCUT2D eigenvalue weighted by molar-refractivity contribution is -0.330. The number of rotatable bonds is 11. The molecule has 0 aliphatic carbocycles. The molecule has 4 rings (SSSR count). The van der Waals surface area contributed by atoms with Gasteiger partial charge in [0.15, 0.2) is 30.4 Å². The van der Waals surface area contributed by atoms with Gasteiger partial charge < -0.3 is 47.4 Å². The summed E-state index contributed by atoms with van der Waals surface area (Å²) < 4.78 is 58.8. The van der Waals surface area contributed by atoms with E-state index in [1.807, 2.05) is 30.3 Å². The van der Waals surface area contributed by atoms with Crippen LogP contribution < -0.4 is 0 Å². The standard InChI is InChI=1S/C31H40O15S/c1-15(32)37-13-21-23(25(39-17(3)34)28(41-19(5)36)30(43-21)47-20-11-9-8-10-12-20)44-29-27(40-18(4)35)26-24(45-31(6,7)46-26)22(42-29)14-38-16(2)33/h8-12,21-30H,13-14H2,1-7H3/t21-,22-,23-,24+,25+,26+,27-,28-,29+,30+/m1/s1. The first-order chi connectivity index (χ1) is 22.1. The summed E-state index contributed by atoms with van der Waals surface area (Å²) in [5, 5.41) is 0. The minimum atomic E-state index is -1.46. The van der Waals surface area contributed by atoms with E-state index in [9.17, 15) is 24.0 Å². The second-order valence-corrected chi connectivity index (χ2v) is 12.7. The molecular weight excluding hydrogens is 644 g/mol. The molecular formula is C31H40O15S. The van der Waals surface area contributed by atoms with Crippen molar-refractivity contribution < 1.29 is 71.3 Å². The average molecular weight is 685 g/mol. The van der Waals surface area contributed by atoms with Crippen LogP contribution in [0.3, 0.4) is 0 Å². The second-order valence-electron chi connectivity index (χ2n) is 11.5. The van der Waals surface area contributed by atoms with Gasteiger partial charge in [-0.25, -0.2) is 0 Å². The van der Waals surface area contributed by atoms with Crippen molar-refractivity contribution in [2.24, 2.45) is 0 Å². The Morgan fingerprint density at radius 2 is 1.19 bits per heavy atom. The van der Waals surface area contributed by atoms with Gasteiger partial charge in [-0.3, -0.25) is 24.0 Å². The number of hydrogen-bond donors (Lipinski definition) is 0. The molecule has 1 aromatic carbocycles. The molecule has 0 bridgehead atoms. The second kappa shape index (κ2) is 15.7. The van der Waals surface area contributed by atoms with Crippen LogP contribution in [0.2, 0.25) is 0 Å². The van der Waals surface area contributed by atoms with E-state index in [-0.39, 0.29) is 13.2 Å². The molecule has 3 aliphatic heterocycles. The molecule has 3 fully saturated rings. The quantitative estimate of drug-likeness (QED) is 0.244. The van der Waals surface area contributed by atoms with Crippen LogP contribution in [0.25, 0.3) is 0 Å². The summed E-state index contributed by atoms with van der Waals surface area (Å²) in [6.07, 6.45) is -10.5.